The van der Waals surface area contributed by atoms with Gasteiger partial charge in [-0.1, -0.05) is 0 Å². The predicted octanol–water partition coefficient (Wildman–Crippen LogP) is 2.01. The van der Waals surface area contributed by atoms with Crippen LogP contribution in [0.5, 0.6) is 0 Å². The quantitative estimate of drug-likeness (QED) is 0.604. The van der Waals surface area contributed by atoms with E-state index in [1.54, 1.807) is 14.2 Å². The number of anilines is 2. The van der Waals surface area contributed by atoms with Crippen molar-refractivity contribution in [2.75, 3.05) is 31.3 Å². The normalized spacial score (nSPS) is 16.5. The topological polar surface area (TPSA) is 89.3 Å². The SMILES string of the molecule is CNc1cc([N+](=O)[O-])cc(NCC2(OC)CCC2)n1. The first-order valence-electron chi connectivity index (χ1n) is 6.22. The van der Waals surface area contributed by atoms with Crippen molar-refractivity contribution < 1.29 is 9.66 Å². The maximum atomic E-state index is 10.8. The molecule has 2 N–H and O–H groups in total. The molecule has 1 aromatic rings. The van der Waals surface area contributed by atoms with E-state index < -0.39 is 4.92 Å². The van der Waals surface area contributed by atoms with Gasteiger partial charge in [0, 0.05) is 20.7 Å². The van der Waals surface area contributed by atoms with Crippen LogP contribution in [0.3, 0.4) is 0 Å². The number of rotatable bonds is 6. The van der Waals surface area contributed by atoms with Gasteiger partial charge in [0.1, 0.15) is 11.6 Å². The van der Waals surface area contributed by atoms with E-state index in [1.165, 1.54) is 12.1 Å². The van der Waals surface area contributed by atoms with Crippen molar-refractivity contribution >= 4 is 17.3 Å². The summed E-state index contributed by atoms with van der Waals surface area (Å²) in [5, 5.41) is 16.8. The molecule has 104 valence electrons. The van der Waals surface area contributed by atoms with E-state index in [0.717, 1.165) is 19.3 Å². The molecule has 0 spiro atoms. The number of methoxy groups -OCH3 is 1. The molecule has 0 saturated heterocycles. The summed E-state index contributed by atoms with van der Waals surface area (Å²) in [5.74, 6) is 0.957. The average molecular weight is 266 g/mol. The van der Waals surface area contributed by atoms with E-state index in [1.807, 2.05) is 0 Å². The standard InChI is InChI=1S/C12H18N4O3/c1-13-10-6-9(16(17)18)7-11(15-10)14-8-12(19-2)4-3-5-12/h6-7H,3-5,8H2,1-2H3,(H2,13,14,15). The fourth-order valence-electron chi connectivity index (χ4n) is 2.12. The third-order valence-electron chi connectivity index (χ3n) is 3.57. The second-order valence-corrected chi connectivity index (χ2v) is 4.70. The minimum absolute atomic E-state index is 0.0157. The van der Waals surface area contributed by atoms with Crippen LogP contribution in [0, 0.1) is 10.1 Å². The average Bonchev–Trinajstić information content (AvgIpc) is 2.37. The Kier molecular flexibility index (Phi) is 3.84. The first-order valence-corrected chi connectivity index (χ1v) is 6.22. The smallest absolute Gasteiger partial charge is 0.276 e. The van der Waals surface area contributed by atoms with Gasteiger partial charge >= 0.3 is 0 Å². The van der Waals surface area contributed by atoms with Gasteiger partial charge in [-0.3, -0.25) is 10.1 Å². The van der Waals surface area contributed by atoms with Crippen LogP contribution >= 0.6 is 0 Å². The molecule has 0 amide bonds. The van der Waals surface area contributed by atoms with Gasteiger partial charge in [0.05, 0.1) is 22.7 Å². The van der Waals surface area contributed by atoms with Crippen molar-refractivity contribution in [3.63, 3.8) is 0 Å². The van der Waals surface area contributed by atoms with Gasteiger partial charge < -0.3 is 15.4 Å². The molecule has 2 rings (SSSR count). The van der Waals surface area contributed by atoms with Crippen molar-refractivity contribution in [3.05, 3.63) is 22.2 Å². The molecule has 1 saturated carbocycles. The Morgan fingerprint density at radius 2 is 2.16 bits per heavy atom. The van der Waals surface area contributed by atoms with Crippen LogP contribution in [0.1, 0.15) is 19.3 Å². The molecule has 1 aliphatic rings. The number of nitrogens with one attached hydrogen (secondary N) is 2. The highest BCUT2D eigenvalue weighted by molar-refractivity contribution is 5.54. The second kappa shape index (κ2) is 5.40. The summed E-state index contributed by atoms with van der Waals surface area (Å²) in [5.41, 5.74) is -0.131. The molecule has 0 bridgehead atoms. The van der Waals surface area contributed by atoms with E-state index >= 15 is 0 Å². The Hall–Kier alpha value is -1.89. The maximum absolute atomic E-state index is 10.8. The molecule has 0 radical (unpaired) electrons. The van der Waals surface area contributed by atoms with Crippen LogP contribution in [-0.4, -0.2) is 36.2 Å². The fraction of sp³-hybridized carbons (Fsp3) is 0.583. The molecule has 0 unspecified atom stereocenters. The first-order chi connectivity index (χ1) is 9.08. The van der Waals surface area contributed by atoms with E-state index in [-0.39, 0.29) is 11.3 Å². The lowest BCUT2D eigenvalue weighted by molar-refractivity contribution is -0.384. The van der Waals surface area contributed by atoms with Gasteiger partial charge in [0.2, 0.25) is 0 Å². The van der Waals surface area contributed by atoms with Crippen LogP contribution in [0.15, 0.2) is 12.1 Å². The zero-order valence-corrected chi connectivity index (χ0v) is 11.1. The molecule has 1 fully saturated rings. The lowest BCUT2D eigenvalue weighted by Crippen LogP contribution is -2.45. The molecule has 7 heteroatoms. The summed E-state index contributed by atoms with van der Waals surface area (Å²) in [6.45, 7) is 0.612. The monoisotopic (exact) mass is 266 g/mol. The number of pyridine rings is 1. The Labute approximate surface area is 111 Å². The Morgan fingerprint density at radius 3 is 2.63 bits per heavy atom. The number of nitro groups is 1. The van der Waals surface area contributed by atoms with Gasteiger partial charge in [-0.25, -0.2) is 4.98 Å². The highest BCUT2D eigenvalue weighted by Gasteiger charge is 2.36. The summed E-state index contributed by atoms with van der Waals surface area (Å²) >= 11 is 0. The minimum atomic E-state index is -0.427. The van der Waals surface area contributed by atoms with Crippen molar-refractivity contribution in [2.24, 2.45) is 0 Å². The van der Waals surface area contributed by atoms with Gasteiger partial charge in [-0.05, 0) is 19.3 Å². The number of nitrogens with zero attached hydrogens (tertiary/aromatic N) is 2. The van der Waals surface area contributed by atoms with E-state index in [9.17, 15) is 10.1 Å². The highest BCUT2D eigenvalue weighted by Crippen LogP contribution is 2.35. The van der Waals surface area contributed by atoms with Crippen LogP contribution in [0.4, 0.5) is 17.3 Å². The van der Waals surface area contributed by atoms with Crippen LogP contribution in [0.25, 0.3) is 0 Å². The molecule has 1 aliphatic carbocycles. The summed E-state index contributed by atoms with van der Waals surface area (Å²) in [6, 6.07) is 2.84. The Morgan fingerprint density at radius 1 is 1.47 bits per heavy atom. The van der Waals surface area contributed by atoms with Gasteiger partial charge in [-0.15, -0.1) is 0 Å². The van der Waals surface area contributed by atoms with E-state index in [2.05, 4.69) is 15.6 Å². The zero-order chi connectivity index (χ0) is 13.9. The van der Waals surface area contributed by atoms with Crippen LogP contribution in [-0.2, 0) is 4.74 Å². The molecule has 1 aromatic heterocycles. The minimum Gasteiger partial charge on any atom is -0.376 e. The molecule has 0 aromatic carbocycles. The number of aromatic nitrogens is 1. The maximum Gasteiger partial charge on any atom is 0.276 e. The van der Waals surface area contributed by atoms with E-state index in [0.29, 0.717) is 18.2 Å². The van der Waals surface area contributed by atoms with Crippen molar-refractivity contribution in [1.82, 2.24) is 4.98 Å². The van der Waals surface area contributed by atoms with E-state index in [4.69, 9.17) is 4.74 Å². The van der Waals surface area contributed by atoms with Gasteiger partial charge in [0.15, 0.2) is 0 Å². The lowest BCUT2D eigenvalue weighted by atomic mass is 9.80. The number of ether oxygens (including phenoxy) is 1. The first kappa shape index (κ1) is 13.5. The van der Waals surface area contributed by atoms with Crippen molar-refractivity contribution in [2.45, 2.75) is 24.9 Å². The molecule has 1 heterocycles. The zero-order valence-electron chi connectivity index (χ0n) is 11.1. The Balaban J connectivity index is 2.11. The van der Waals surface area contributed by atoms with Gasteiger partial charge in [0.25, 0.3) is 5.69 Å². The molecule has 19 heavy (non-hydrogen) atoms. The summed E-state index contributed by atoms with van der Waals surface area (Å²) in [6.07, 6.45) is 3.16. The second-order valence-electron chi connectivity index (χ2n) is 4.70. The largest absolute Gasteiger partial charge is 0.376 e. The van der Waals surface area contributed by atoms with Crippen LogP contribution in [0.2, 0.25) is 0 Å². The van der Waals surface area contributed by atoms with Crippen molar-refractivity contribution in [3.8, 4) is 0 Å². The molecule has 0 aliphatic heterocycles. The fourth-order valence-corrected chi connectivity index (χ4v) is 2.12. The van der Waals surface area contributed by atoms with Crippen LogP contribution < -0.4 is 10.6 Å². The third-order valence-corrected chi connectivity index (χ3v) is 3.57. The number of hydrogen-bond acceptors (Lipinski definition) is 6. The summed E-state index contributed by atoms with van der Waals surface area (Å²) in [7, 11) is 3.37. The Bertz CT molecular complexity index is 469. The van der Waals surface area contributed by atoms with Crippen molar-refractivity contribution in [1.29, 1.82) is 0 Å². The number of hydrogen-bond donors (Lipinski definition) is 2. The highest BCUT2D eigenvalue weighted by atomic mass is 16.6. The molecular formula is C12H18N4O3. The predicted molar refractivity (Wildman–Crippen MR) is 72.5 cm³/mol. The van der Waals surface area contributed by atoms with Gasteiger partial charge in [-0.2, -0.15) is 0 Å². The molecule has 0 atom stereocenters. The third kappa shape index (κ3) is 2.93. The lowest BCUT2D eigenvalue weighted by Gasteiger charge is -2.40. The molecular weight excluding hydrogens is 248 g/mol. The summed E-state index contributed by atoms with van der Waals surface area (Å²) < 4.78 is 5.49. The summed E-state index contributed by atoms with van der Waals surface area (Å²) in [4.78, 5) is 14.7. The molecule has 7 nitrogen and oxygen atoms in total.